The van der Waals surface area contributed by atoms with Crippen molar-refractivity contribution in [2.24, 2.45) is 0 Å². The monoisotopic (exact) mass is 329 g/mol. The van der Waals surface area contributed by atoms with Gasteiger partial charge in [-0.15, -0.1) is 0 Å². The molecule has 0 unspecified atom stereocenters. The average Bonchev–Trinajstić information content (AvgIpc) is 2.77. The van der Waals surface area contributed by atoms with E-state index < -0.39 is 17.4 Å². The minimum absolute atomic E-state index is 0.107. The molecule has 0 bridgehead atoms. The van der Waals surface area contributed by atoms with Crippen molar-refractivity contribution >= 4 is 11.9 Å². The molecule has 3 amide bonds. The third kappa shape index (κ3) is 2.99. The van der Waals surface area contributed by atoms with Gasteiger partial charge in [-0.05, 0) is 25.0 Å². The summed E-state index contributed by atoms with van der Waals surface area (Å²) in [6.45, 7) is -0.107. The maximum atomic E-state index is 14.1. The van der Waals surface area contributed by atoms with Gasteiger partial charge in [0.25, 0.3) is 5.91 Å². The van der Waals surface area contributed by atoms with Crippen LogP contribution in [0.25, 0.3) is 0 Å². The van der Waals surface area contributed by atoms with Crippen LogP contribution in [-0.2, 0) is 11.3 Å². The van der Waals surface area contributed by atoms with E-state index in [-0.39, 0.29) is 23.6 Å². The van der Waals surface area contributed by atoms with Gasteiger partial charge in [0.15, 0.2) is 0 Å². The van der Waals surface area contributed by atoms with Crippen LogP contribution in [0.5, 0.6) is 0 Å². The van der Waals surface area contributed by atoms with Gasteiger partial charge in [0.2, 0.25) is 0 Å². The van der Waals surface area contributed by atoms with Crippen LogP contribution < -0.4 is 5.32 Å². The van der Waals surface area contributed by atoms with E-state index >= 15 is 0 Å². The van der Waals surface area contributed by atoms with Gasteiger partial charge >= 0.3 is 6.03 Å². The molecule has 3 rings (SSSR count). The molecule has 5 nitrogen and oxygen atoms in total. The van der Waals surface area contributed by atoms with Gasteiger partial charge in [-0.2, -0.15) is 5.26 Å². The second kappa shape index (κ2) is 6.60. The Labute approximate surface area is 140 Å². The molecule has 1 aliphatic carbocycles. The SMILES string of the molecule is N#Cc1ccc(CN2C(=O)NC3(CCCCCCC3)C2=O)c(F)c1. The molecule has 1 N–H and O–H groups in total. The van der Waals surface area contributed by atoms with Gasteiger partial charge in [-0.25, -0.2) is 9.18 Å². The normalized spacial score (nSPS) is 20.4. The zero-order valence-electron chi connectivity index (χ0n) is 13.5. The molecule has 0 aromatic heterocycles. The first-order chi connectivity index (χ1) is 11.6. The van der Waals surface area contributed by atoms with Crippen LogP contribution in [0.1, 0.15) is 56.1 Å². The highest BCUT2D eigenvalue weighted by atomic mass is 19.1. The second-order valence-electron chi connectivity index (χ2n) is 6.59. The summed E-state index contributed by atoms with van der Waals surface area (Å²) in [5.74, 6) is -0.827. The zero-order valence-corrected chi connectivity index (χ0v) is 13.5. The minimum atomic E-state index is -0.819. The Bertz CT molecular complexity index is 703. The predicted molar refractivity (Wildman–Crippen MR) is 85.2 cm³/mol. The van der Waals surface area contributed by atoms with Crippen molar-refractivity contribution in [1.29, 1.82) is 5.26 Å². The molecule has 1 saturated carbocycles. The van der Waals surface area contributed by atoms with Crippen LogP contribution in [0.15, 0.2) is 18.2 Å². The number of rotatable bonds is 2. The number of amides is 3. The van der Waals surface area contributed by atoms with E-state index in [1.54, 1.807) is 0 Å². The number of nitriles is 1. The Morgan fingerprint density at radius 1 is 1.17 bits per heavy atom. The number of imide groups is 1. The van der Waals surface area contributed by atoms with Crippen LogP contribution in [-0.4, -0.2) is 22.4 Å². The van der Waals surface area contributed by atoms with Crippen molar-refractivity contribution in [1.82, 2.24) is 10.2 Å². The maximum Gasteiger partial charge on any atom is 0.325 e. The lowest BCUT2D eigenvalue weighted by molar-refractivity contribution is -0.132. The second-order valence-corrected chi connectivity index (χ2v) is 6.59. The fourth-order valence-electron chi connectivity index (χ4n) is 3.58. The summed E-state index contributed by atoms with van der Waals surface area (Å²) >= 11 is 0. The summed E-state index contributed by atoms with van der Waals surface area (Å²) in [5, 5.41) is 11.7. The Morgan fingerprint density at radius 3 is 2.46 bits per heavy atom. The van der Waals surface area contributed by atoms with E-state index in [1.165, 1.54) is 18.6 Å². The summed E-state index contributed by atoms with van der Waals surface area (Å²) in [6, 6.07) is 5.48. The molecule has 1 aromatic rings. The number of nitrogens with one attached hydrogen (secondary N) is 1. The van der Waals surface area contributed by atoms with Crippen molar-refractivity contribution in [3.8, 4) is 6.07 Å². The molecule has 0 atom stereocenters. The lowest BCUT2D eigenvalue weighted by Gasteiger charge is -2.28. The van der Waals surface area contributed by atoms with Crippen molar-refractivity contribution in [3.05, 3.63) is 35.1 Å². The molecule has 1 spiro atoms. The van der Waals surface area contributed by atoms with Crippen molar-refractivity contribution in [2.75, 3.05) is 0 Å². The number of carbonyl (C=O) groups is 2. The summed E-state index contributed by atoms with van der Waals surface area (Å²) < 4.78 is 14.1. The van der Waals surface area contributed by atoms with Gasteiger partial charge in [0.1, 0.15) is 11.4 Å². The van der Waals surface area contributed by atoms with E-state index in [1.807, 2.05) is 6.07 Å². The van der Waals surface area contributed by atoms with Gasteiger partial charge in [-0.1, -0.05) is 38.2 Å². The highest BCUT2D eigenvalue weighted by Gasteiger charge is 2.50. The molecule has 2 fully saturated rings. The molecule has 1 aromatic carbocycles. The molecule has 24 heavy (non-hydrogen) atoms. The predicted octanol–water partition coefficient (Wildman–Crippen LogP) is 3.23. The number of carbonyl (C=O) groups excluding carboxylic acids is 2. The first kappa shape index (κ1) is 16.4. The van der Waals surface area contributed by atoms with E-state index in [0.29, 0.717) is 12.8 Å². The highest BCUT2D eigenvalue weighted by Crippen LogP contribution is 2.33. The van der Waals surface area contributed by atoms with E-state index in [0.717, 1.165) is 36.6 Å². The molecule has 6 heteroatoms. The summed E-state index contributed by atoms with van der Waals surface area (Å²) in [6.07, 6.45) is 6.40. The van der Waals surface area contributed by atoms with Crippen LogP contribution in [0.2, 0.25) is 0 Å². The Morgan fingerprint density at radius 2 is 1.83 bits per heavy atom. The number of nitrogens with zero attached hydrogens (tertiary/aromatic N) is 2. The quantitative estimate of drug-likeness (QED) is 0.847. The van der Waals surface area contributed by atoms with Crippen molar-refractivity contribution in [2.45, 2.75) is 57.0 Å². The largest absolute Gasteiger partial charge is 0.325 e. The number of halogens is 1. The van der Waals surface area contributed by atoms with Crippen molar-refractivity contribution < 1.29 is 14.0 Å². The van der Waals surface area contributed by atoms with Crippen LogP contribution in [0, 0.1) is 17.1 Å². The van der Waals surface area contributed by atoms with Crippen LogP contribution >= 0.6 is 0 Å². The average molecular weight is 329 g/mol. The first-order valence-electron chi connectivity index (χ1n) is 8.38. The number of urea groups is 1. The standard InChI is InChI=1S/C18H20FN3O2/c19-15-10-13(11-20)6-7-14(15)12-22-16(23)18(21-17(22)24)8-4-2-1-3-5-9-18/h6-7,10H,1-5,8-9,12H2,(H,21,24). The molecule has 126 valence electrons. The third-order valence-electron chi connectivity index (χ3n) is 4.96. The maximum absolute atomic E-state index is 14.1. The molecule has 1 aliphatic heterocycles. The fourth-order valence-corrected chi connectivity index (χ4v) is 3.58. The van der Waals surface area contributed by atoms with Crippen LogP contribution in [0.4, 0.5) is 9.18 Å². The summed E-state index contributed by atoms with van der Waals surface area (Å²) in [7, 11) is 0. The van der Waals surface area contributed by atoms with Gasteiger partial charge in [0.05, 0.1) is 18.2 Å². The molecule has 0 radical (unpaired) electrons. The van der Waals surface area contributed by atoms with E-state index in [9.17, 15) is 14.0 Å². The Kier molecular flexibility index (Phi) is 4.52. The van der Waals surface area contributed by atoms with Gasteiger partial charge in [0, 0.05) is 5.56 Å². The minimum Gasteiger partial charge on any atom is -0.323 e. The topological polar surface area (TPSA) is 73.2 Å². The lowest BCUT2D eigenvalue weighted by Crippen LogP contribution is -2.47. The summed E-state index contributed by atoms with van der Waals surface area (Å²) in [4.78, 5) is 26.3. The Hall–Kier alpha value is -2.42. The van der Waals surface area contributed by atoms with Crippen molar-refractivity contribution in [3.63, 3.8) is 0 Å². The van der Waals surface area contributed by atoms with E-state index in [2.05, 4.69) is 5.32 Å². The highest BCUT2D eigenvalue weighted by molar-refractivity contribution is 6.07. The van der Waals surface area contributed by atoms with E-state index in [4.69, 9.17) is 5.26 Å². The first-order valence-corrected chi connectivity index (χ1v) is 8.38. The third-order valence-corrected chi connectivity index (χ3v) is 4.96. The number of benzene rings is 1. The summed E-state index contributed by atoms with van der Waals surface area (Å²) in [5.41, 5.74) is -0.369. The molecular weight excluding hydrogens is 309 g/mol. The smallest absolute Gasteiger partial charge is 0.323 e. The number of hydrogen-bond acceptors (Lipinski definition) is 3. The molecule has 1 saturated heterocycles. The Balaban J connectivity index is 1.80. The molecule has 1 heterocycles. The molecule has 2 aliphatic rings. The lowest BCUT2D eigenvalue weighted by atomic mass is 9.84. The zero-order chi connectivity index (χ0) is 17.2. The molecular formula is C18H20FN3O2. The number of hydrogen-bond donors (Lipinski definition) is 1. The van der Waals surface area contributed by atoms with Crippen LogP contribution in [0.3, 0.4) is 0 Å². The van der Waals surface area contributed by atoms with Gasteiger partial charge in [-0.3, -0.25) is 9.69 Å². The van der Waals surface area contributed by atoms with Gasteiger partial charge < -0.3 is 5.32 Å². The fraction of sp³-hybridized carbons (Fsp3) is 0.500.